The van der Waals surface area contributed by atoms with Gasteiger partial charge in [-0.05, 0) is 29.2 Å². The van der Waals surface area contributed by atoms with Crippen LogP contribution in [0.4, 0.5) is 10.5 Å². The summed E-state index contributed by atoms with van der Waals surface area (Å²) >= 11 is 0. The van der Waals surface area contributed by atoms with Crippen LogP contribution in [0.1, 0.15) is 34.5 Å². The molecule has 0 aliphatic heterocycles. The molecular formula is C24H24N4O6. The Hall–Kier alpha value is -4.18. The number of nitrogens with zero attached hydrogens (tertiary/aromatic N) is 2. The van der Waals surface area contributed by atoms with Crippen LogP contribution in [0.3, 0.4) is 0 Å². The Morgan fingerprint density at radius 2 is 1.68 bits per heavy atom. The summed E-state index contributed by atoms with van der Waals surface area (Å²) < 4.78 is 6.68. The molecule has 176 valence electrons. The van der Waals surface area contributed by atoms with Crippen molar-refractivity contribution in [2.24, 2.45) is 7.05 Å². The molecule has 2 aromatic carbocycles. The van der Waals surface area contributed by atoms with E-state index < -0.39 is 30.1 Å². The van der Waals surface area contributed by atoms with Gasteiger partial charge >= 0.3 is 12.1 Å². The van der Waals surface area contributed by atoms with Crippen molar-refractivity contribution in [3.05, 3.63) is 71.5 Å². The Balaban J connectivity index is 1.46. The van der Waals surface area contributed by atoms with Crippen molar-refractivity contribution in [3.63, 3.8) is 0 Å². The quantitative estimate of drug-likeness (QED) is 0.420. The van der Waals surface area contributed by atoms with Gasteiger partial charge in [0.2, 0.25) is 0 Å². The number of hydrogen-bond donors (Lipinski definition) is 4. The number of carbonyl (C=O) groups excluding carboxylic acids is 2. The molecule has 1 aliphatic rings. The summed E-state index contributed by atoms with van der Waals surface area (Å²) in [5.41, 5.74) is 4.30. The van der Waals surface area contributed by atoms with Gasteiger partial charge < -0.3 is 20.3 Å². The molecule has 0 radical (unpaired) electrons. The second-order valence-corrected chi connectivity index (χ2v) is 8.01. The molecule has 0 saturated heterocycles. The number of amides is 2. The lowest BCUT2D eigenvalue weighted by Crippen LogP contribution is -2.48. The van der Waals surface area contributed by atoms with Crippen LogP contribution in [0.2, 0.25) is 0 Å². The van der Waals surface area contributed by atoms with E-state index in [0.717, 1.165) is 22.3 Å². The van der Waals surface area contributed by atoms with Gasteiger partial charge in [0.05, 0.1) is 18.0 Å². The number of fused-ring (bicyclic) bond motifs is 3. The first-order chi connectivity index (χ1) is 16.3. The smallest absolute Gasteiger partial charge is 0.411 e. The van der Waals surface area contributed by atoms with E-state index in [9.17, 15) is 24.6 Å². The van der Waals surface area contributed by atoms with Gasteiger partial charge in [0.15, 0.2) is 6.04 Å². The number of aliphatic carboxylic acids is 1. The van der Waals surface area contributed by atoms with Crippen molar-refractivity contribution in [1.29, 1.82) is 0 Å². The molecule has 0 bridgehead atoms. The fourth-order valence-corrected chi connectivity index (χ4v) is 4.14. The van der Waals surface area contributed by atoms with Gasteiger partial charge in [0.25, 0.3) is 5.91 Å². The minimum absolute atomic E-state index is 0.0481. The van der Waals surface area contributed by atoms with Crippen LogP contribution in [-0.2, 0) is 16.6 Å². The SMILES string of the molecule is CC(O)C(NC(=O)c1c(NC(=O)OCC2c3ccccc3-c3ccccc32)cnn1C)C(=O)O. The monoisotopic (exact) mass is 464 g/mol. The van der Waals surface area contributed by atoms with Crippen molar-refractivity contribution < 1.29 is 29.3 Å². The van der Waals surface area contributed by atoms with E-state index in [1.807, 2.05) is 48.5 Å². The van der Waals surface area contributed by atoms with Crippen molar-refractivity contribution in [1.82, 2.24) is 15.1 Å². The number of aromatic nitrogens is 2. The van der Waals surface area contributed by atoms with Gasteiger partial charge in [-0.2, -0.15) is 5.10 Å². The fourth-order valence-electron chi connectivity index (χ4n) is 4.14. The summed E-state index contributed by atoms with van der Waals surface area (Å²) in [4.78, 5) is 36.5. The number of ether oxygens (including phenoxy) is 1. The maximum Gasteiger partial charge on any atom is 0.411 e. The largest absolute Gasteiger partial charge is 0.480 e. The van der Waals surface area contributed by atoms with Crippen LogP contribution >= 0.6 is 0 Å². The van der Waals surface area contributed by atoms with Crippen LogP contribution in [0.15, 0.2) is 54.7 Å². The topological polar surface area (TPSA) is 143 Å². The fraction of sp³-hybridized carbons (Fsp3) is 0.250. The summed E-state index contributed by atoms with van der Waals surface area (Å²) in [5.74, 6) is -2.34. The third kappa shape index (κ3) is 4.35. The molecule has 0 fully saturated rings. The highest BCUT2D eigenvalue weighted by Gasteiger charge is 2.30. The van der Waals surface area contributed by atoms with Crippen molar-refractivity contribution in [2.45, 2.75) is 25.0 Å². The minimum Gasteiger partial charge on any atom is -0.480 e. The number of aryl methyl sites for hydroxylation is 1. The number of rotatable bonds is 7. The lowest BCUT2D eigenvalue weighted by Gasteiger charge is -2.18. The number of nitrogens with one attached hydrogen (secondary N) is 2. The normalized spacial score (nSPS) is 14.0. The van der Waals surface area contributed by atoms with Crippen LogP contribution < -0.4 is 10.6 Å². The molecular weight excluding hydrogens is 440 g/mol. The Morgan fingerprint density at radius 1 is 1.09 bits per heavy atom. The molecule has 4 N–H and O–H groups in total. The average molecular weight is 464 g/mol. The van der Waals surface area contributed by atoms with Gasteiger partial charge in [0, 0.05) is 13.0 Å². The summed E-state index contributed by atoms with van der Waals surface area (Å²) in [6, 6.07) is 14.4. The molecule has 34 heavy (non-hydrogen) atoms. The standard InChI is InChI=1S/C24H24N4O6/c1-13(29)20(23(31)32)27-22(30)21-19(11-25-28(21)2)26-24(33)34-12-18-16-9-5-3-7-14(16)15-8-4-6-10-17(15)18/h3-11,13,18,20,29H,12H2,1-2H3,(H,26,33)(H,27,30)(H,31,32). The van der Waals surface area contributed by atoms with E-state index in [0.29, 0.717) is 0 Å². The predicted molar refractivity (Wildman–Crippen MR) is 122 cm³/mol. The third-order valence-corrected chi connectivity index (χ3v) is 5.77. The van der Waals surface area contributed by atoms with E-state index >= 15 is 0 Å². The van der Waals surface area contributed by atoms with E-state index in [1.54, 1.807) is 0 Å². The molecule has 0 spiro atoms. The molecule has 2 unspecified atom stereocenters. The molecule has 2 amide bonds. The Labute approximate surface area is 195 Å². The van der Waals surface area contributed by atoms with Gasteiger partial charge in [-0.1, -0.05) is 48.5 Å². The highest BCUT2D eigenvalue weighted by Crippen LogP contribution is 2.44. The predicted octanol–water partition coefficient (Wildman–Crippen LogP) is 2.34. The summed E-state index contributed by atoms with van der Waals surface area (Å²) in [6.07, 6.45) is -0.850. The van der Waals surface area contributed by atoms with Gasteiger partial charge in [-0.15, -0.1) is 0 Å². The number of carbonyl (C=O) groups is 3. The number of aliphatic hydroxyl groups is 1. The van der Waals surface area contributed by atoms with E-state index in [2.05, 4.69) is 15.7 Å². The summed E-state index contributed by atoms with van der Waals surface area (Å²) in [5, 5.41) is 27.5. The molecule has 1 aliphatic carbocycles. The number of hydrogen-bond acceptors (Lipinski definition) is 6. The number of anilines is 1. The maximum absolute atomic E-state index is 12.7. The second-order valence-electron chi connectivity index (χ2n) is 8.01. The molecule has 10 nitrogen and oxygen atoms in total. The first-order valence-corrected chi connectivity index (χ1v) is 10.6. The van der Waals surface area contributed by atoms with E-state index in [1.165, 1.54) is 24.9 Å². The first-order valence-electron chi connectivity index (χ1n) is 10.6. The van der Waals surface area contributed by atoms with Crippen LogP contribution in [0.5, 0.6) is 0 Å². The van der Waals surface area contributed by atoms with Gasteiger partial charge in [-0.3, -0.25) is 14.8 Å². The molecule has 3 aromatic rings. The highest BCUT2D eigenvalue weighted by molar-refractivity contribution is 6.02. The van der Waals surface area contributed by atoms with Crippen LogP contribution in [0.25, 0.3) is 11.1 Å². The molecule has 1 heterocycles. The van der Waals surface area contributed by atoms with Crippen LogP contribution in [-0.4, -0.2) is 56.7 Å². The average Bonchev–Trinajstić information content (AvgIpc) is 3.33. The Morgan fingerprint density at radius 3 is 2.24 bits per heavy atom. The number of carboxylic acids is 1. The zero-order chi connectivity index (χ0) is 24.4. The number of carboxylic acid groups (broad SMARTS) is 1. The van der Waals surface area contributed by atoms with E-state index in [-0.39, 0.29) is 23.9 Å². The lowest BCUT2D eigenvalue weighted by atomic mass is 9.98. The minimum atomic E-state index is -1.52. The van der Waals surface area contributed by atoms with Gasteiger partial charge in [0.1, 0.15) is 12.3 Å². The highest BCUT2D eigenvalue weighted by atomic mass is 16.5. The molecule has 0 saturated carbocycles. The molecule has 10 heteroatoms. The summed E-state index contributed by atoms with van der Waals surface area (Å²) in [7, 11) is 1.47. The summed E-state index contributed by atoms with van der Waals surface area (Å²) in [6.45, 7) is 1.34. The van der Waals surface area contributed by atoms with Crippen LogP contribution in [0, 0.1) is 0 Å². The van der Waals surface area contributed by atoms with Crippen molar-refractivity contribution in [3.8, 4) is 11.1 Å². The first kappa shape index (κ1) is 23.0. The van der Waals surface area contributed by atoms with Crippen molar-refractivity contribution in [2.75, 3.05) is 11.9 Å². The zero-order valence-electron chi connectivity index (χ0n) is 18.6. The van der Waals surface area contributed by atoms with E-state index in [4.69, 9.17) is 4.74 Å². The third-order valence-electron chi connectivity index (χ3n) is 5.77. The maximum atomic E-state index is 12.7. The van der Waals surface area contributed by atoms with Crippen molar-refractivity contribution >= 4 is 23.7 Å². The number of benzene rings is 2. The zero-order valence-corrected chi connectivity index (χ0v) is 18.6. The van der Waals surface area contributed by atoms with Gasteiger partial charge in [-0.25, -0.2) is 9.59 Å². The molecule has 4 rings (SSSR count). The Kier molecular flexibility index (Phi) is 6.33. The molecule has 2 atom stereocenters. The lowest BCUT2D eigenvalue weighted by molar-refractivity contribution is -0.141. The second kappa shape index (κ2) is 9.36. The number of aliphatic hydroxyl groups excluding tert-OH is 1. The molecule has 1 aromatic heterocycles. The Bertz CT molecular complexity index is 1210.